The summed E-state index contributed by atoms with van der Waals surface area (Å²) in [5.41, 5.74) is 2.70. The lowest BCUT2D eigenvalue weighted by Gasteiger charge is -2.07. The van der Waals surface area contributed by atoms with E-state index in [1.54, 1.807) is 36.0 Å². The van der Waals surface area contributed by atoms with Gasteiger partial charge in [-0.15, -0.1) is 0 Å². The average Bonchev–Trinajstić information content (AvgIpc) is 3.00. The fourth-order valence-corrected chi connectivity index (χ4v) is 3.78. The van der Waals surface area contributed by atoms with Crippen molar-refractivity contribution < 1.29 is 9.21 Å². The van der Waals surface area contributed by atoms with E-state index in [0.717, 1.165) is 17.1 Å². The SMILES string of the molecule is N#Cc1ccccc1CSCCNC(=O)CCn1c(=O)oc2cc(Cl)ccc21. The first-order valence-corrected chi connectivity index (χ1v) is 10.2. The van der Waals surface area contributed by atoms with Gasteiger partial charge in [-0.25, -0.2) is 4.79 Å². The van der Waals surface area contributed by atoms with Gasteiger partial charge in [-0.05, 0) is 23.8 Å². The van der Waals surface area contributed by atoms with E-state index in [9.17, 15) is 9.59 Å². The summed E-state index contributed by atoms with van der Waals surface area (Å²) >= 11 is 7.54. The molecule has 2 aromatic carbocycles. The van der Waals surface area contributed by atoms with E-state index in [4.69, 9.17) is 21.3 Å². The molecule has 0 aliphatic heterocycles. The summed E-state index contributed by atoms with van der Waals surface area (Å²) in [6.07, 6.45) is 0.180. The highest BCUT2D eigenvalue weighted by molar-refractivity contribution is 7.98. The predicted octanol–water partition coefficient (Wildman–Crippen LogP) is 3.56. The van der Waals surface area contributed by atoms with Crippen LogP contribution in [-0.2, 0) is 17.1 Å². The first kappa shape index (κ1) is 20.1. The third-order valence-corrected chi connectivity index (χ3v) is 5.40. The number of aryl methyl sites for hydroxylation is 1. The number of benzene rings is 2. The summed E-state index contributed by atoms with van der Waals surface area (Å²) in [5, 5.41) is 12.4. The zero-order chi connectivity index (χ0) is 19.9. The van der Waals surface area contributed by atoms with Crippen LogP contribution in [0.1, 0.15) is 17.5 Å². The van der Waals surface area contributed by atoms with Crippen LogP contribution in [0.5, 0.6) is 0 Å². The molecular formula is C20H18ClN3O3S. The number of nitrogens with zero attached hydrogens (tertiary/aromatic N) is 2. The normalized spacial score (nSPS) is 10.7. The molecule has 1 heterocycles. The first-order valence-electron chi connectivity index (χ1n) is 8.70. The third-order valence-electron chi connectivity index (χ3n) is 4.16. The van der Waals surface area contributed by atoms with Crippen LogP contribution in [0.3, 0.4) is 0 Å². The number of amides is 1. The number of nitriles is 1. The Bertz CT molecular complexity index is 1080. The minimum absolute atomic E-state index is 0.131. The monoisotopic (exact) mass is 415 g/mol. The number of rotatable bonds is 8. The van der Waals surface area contributed by atoms with Gasteiger partial charge in [0.2, 0.25) is 5.91 Å². The summed E-state index contributed by atoms with van der Waals surface area (Å²) in [6.45, 7) is 0.761. The van der Waals surface area contributed by atoms with E-state index in [0.29, 0.717) is 28.2 Å². The average molecular weight is 416 g/mol. The number of halogens is 1. The molecule has 0 radical (unpaired) electrons. The van der Waals surface area contributed by atoms with Gasteiger partial charge in [0, 0.05) is 42.1 Å². The second-order valence-electron chi connectivity index (χ2n) is 6.05. The van der Waals surface area contributed by atoms with Gasteiger partial charge in [-0.1, -0.05) is 29.8 Å². The Morgan fingerprint density at radius 2 is 2.11 bits per heavy atom. The molecule has 3 aromatic rings. The minimum atomic E-state index is -0.503. The minimum Gasteiger partial charge on any atom is -0.408 e. The van der Waals surface area contributed by atoms with Crippen molar-refractivity contribution in [1.82, 2.24) is 9.88 Å². The number of carbonyl (C=O) groups excluding carboxylic acids is 1. The van der Waals surface area contributed by atoms with Crippen LogP contribution in [0.4, 0.5) is 0 Å². The second-order valence-corrected chi connectivity index (χ2v) is 7.59. The van der Waals surface area contributed by atoms with Gasteiger partial charge >= 0.3 is 5.76 Å². The molecule has 0 bridgehead atoms. The van der Waals surface area contributed by atoms with E-state index >= 15 is 0 Å². The molecule has 1 N–H and O–H groups in total. The second kappa shape index (κ2) is 9.49. The van der Waals surface area contributed by atoms with E-state index in [2.05, 4.69) is 11.4 Å². The molecule has 144 valence electrons. The summed E-state index contributed by atoms with van der Waals surface area (Å²) in [7, 11) is 0. The molecule has 1 aromatic heterocycles. The van der Waals surface area contributed by atoms with Crippen molar-refractivity contribution >= 4 is 40.4 Å². The maximum Gasteiger partial charge on any atom is 0.419 e. The van der Waals surface area contributed by atoms with Crippen LogP contribution < -0.4 is 11.1 Å². The van der Waals surface area contributed by atoms with Gasteiger partial charge in [-0.3, -0.25) is 9.36 Å². The number of hydrogen-bond acceptors (Lipinski definition) is 5. The highest BCUT2D eigenvalue weighted by Gasteiger charge is 2.11. The Morgan fingerprint density at radius 3 is 2.93 bits per heavy atom. The lowest BCUT2D eigenvalue weighted by molar-refractivity contribution is -0.121. The fraction of sp³-hybridized carbons (Fsp3) is 0.250. The molecule has 0 saturated heterocycles. The van der Waals surface area contributed by atoms with Crippen LogP contribution in [-0.4, -0.2) is 22.8 Å². The summed E-state index contributed by atoms with van der Waals surface area (Å²) < 4.78 is 6.58. The van der Waals surface area contributed by atoms with Crippen molar-refractivity contribution in [3.05, 3.63) is 69.2 Å². The Hall–Kier alpha value is -2.69. The fourth-order valence-electron chi connectivity index (χ4n) is 2.75. The van der Waals surface area contributed by atoms with E-state index < -0.39 is 5.76 Å². The van der Waals surface area contributed by atoms with Crippen molar-refractivity contribution in [2.24, 2.45) is 0 Å². The molecule has 8 heteroatoms. The van der Waals surface area contributed by atoms with Crippen molar-refractivity contribution in [2.75, 3.05) is 12.3 Å². The van der Waals surface area contributed by atoms with Crippen molar-refractivity contribution in [1.29, 1.82) is 5.26 Å². The summed E-state index contributed by atoms with van der Waals surface area (Å²) in [5.74, 6) is 0.821. The number of oxazole rings is 1. The molecule has 0 aliphatic carbocycles. The third kappa shape index (κ3) is 4.97. The molecule has 0 atom stereocenters. The standard InChI is InChI=1S/C20H18ClN3O3S/c21-16-5-6-17-18(11-16)27-20(26)24(17)9-7-19(25)23-8-10-28-13-15-4-2-1-3-14(15)12-22/h1-6,11H,7-10,13H2,(H,23,25). The number of aromatic nitrogens is 1. The van der Waals surface area contributed by atoms with Crippen LogP contribution in [0.2, 0.25) is 5.02 Å². The Balaban J connectivity index is 1.43. The molecule has 0 unspecified atom stereocenters. The molecule has 0 saturated carbocycles. The van der Waals surface area contributed by atoms with Gasteiger partial charge < -0.3 is 9.73 Å². The maximum absolute atomic E-state index is 12.0. The zero-order valence-corrected chi connectivity index (χ0v) is 16.6. The van der Waals surface area contributed by atoms with Gasteiger partial charge in [0.05, 0.1) is 17.1 Å². The molecule has 1 amide bonds. The van der Waals surface area contributed by atoms with Gasteiger partial charge in [0.1, 0.15) is 0 Å². The highest BCUT2D eigenvalue weighted by Crippen LogP contribution is 2.18. The Morgan fingerprint density at radius 1 is 1.29 bits per heavy atom. The van der Waals surface area contributed by atoms with Gasteiger partial charge in [-0.2, -0.15) is 17.0 Å². The van der Waals surface area contributed by atoms with Gasteiger partial charge in [0.15, 0.2) is 5.58 Å². The lowest BCUT2D eigenvalue weighted by atomic mass is 10.1. The molecule has 6 nitrogen and oxygen atoms in total. The number of thioether (sulfide) groups is 1. The van der Waals surface area contributed by atoms with Crippen LogP contribution in [0.15, 0.2) is 51.7 Å². The Kier molecular flexibility index (Phi) is 6.80. The van der Waals surface area contributed by atoms with Crippen LogP contribution in [0, 0.1) is 11.3 Å². The largest absolute Gasteiger partial charge is 0.419 e. The predicted molar refractivity (Wildman–Crippen MR) is 110 cm³/mol. The topological polar surface area (TPSA) is 88.0 Å². The molecule has 3 rings (SSSR count). The van der Waals surface area contributed by atoms with E-state index in [-0.39, 0.29) is 18.9 Å². The number of carbonyl (C=O) groups is 1. The number of hydrogen-bond donors (Lipinski definition) is 1. The van der Waals surface area contributed by atoms with Crippen LogP contribution in [0.25, 0.3) is 11.1 Å². The van der Waals surface area contributed by atoms with Gasteiger partial charge in [0.25, 0.3) is 0 Å². The quantitative estimate of drug-likeness (QED) is 0.568. The first-order chi connectivity index (χ1) is 13.6. The maximum atomic E-state index is 12.0. The molecular weight excluding hydrogens is 398 g/mol. The zero-order valence-electron chi connectivity index (χ0n) is 15.0. The summed E-state index contributed by atoms with van der Waals surface area (Å²) in [4.78, 5) is 24.0. The van der Waals surface area contributed by atoms with Crippen LogP contribution >= 0.6 is 23.4 Å². The Labute approximate surface area is 171 Å². The molecule has 0 fully saturated rings. The highest BCUT2D eigenvalue weighted by atomic mass is 35.5. The summed E-state index contributed by atoms with van der Waals surface area (Å²) in [6, 6.07) is 14.6. The smallest absolute Gasteiger partial charge is 0.408 e. The molecule has 0 spiro atoms. The number of fused-ring (bicyclic) bond motifs is 1. The molecule has 0 aliphatic rings. The molecule has 28 heavy (non-hydrogen) atoms. The lowest BCUT2D eigenvalue weighted by Crippen LogP contribution is -2.28. The van der Waals surface area contributed by atoms with Crippen molar-refractivity contribution in [3.63, 3.8) is 0 Å². The van der Waals surface area contributed by atoms with Crippen molar-refractivity contribution in [3.8, 4) is 6.07 Å². The number of nitrogens with one attached hydrogen (secondary N) is 1. The van der Waals surface area contributed by atoms with E-state index in [1.807, 2.05) is 18.2 Å². The van der Waals surface area contributed by atoms with E-state index in [1.165, 1.54) is 4.57 Å². The van der Waals surface area contributed by atoms with Crippen molar-refractivity contribution in [2.45, 2.75) is 18.7 Å².